The third-order valence-corrected chi connectivity index (χ3v) is 10.5. The number of pyridine rings is 2. The van der Waals surface area contributed by atoms with Crippen LogP contribution in [0.3, 0.4) is 0 Å². The summed E-state index contributed by atoms with van der Waals surface area (Å²) >= 11 is 6.10. The molecule has 15 nitrogen and oxygen atoms in total. The van der Waals surface area contributed by atoms with E-state index < -0.39 is 35.3 Å². The largest absolute Gasteiger partial charge is 0.475 e. The highest BCUT2D eigenvalue weighted by Gasteiger charge is 2.33. The van der Waals surface area contributed by atoms with Crippen LogP contribution in [0.5, 0.6) is 11.8 Å². The number of hydrogen-bond acceptors (Lipinski definition) is 11. The molecule has 10 rings (SSSR count). The van der Waals surface area contributed by atoms with Crippen LogP contribution in [0.25, 0.3) is 33.4 Å². The van der Waals surface area contributed by atoms with Gasteiger partial charge in [-0.1, -0.05) is 11.6 Å². The van der Waals surface area contributed by atoms with E-state index in [0.29, 0.717) is 44.8 Å². The minimum absolute atomic E-state index is 0.00519. The van der Waals surface area contributed by atoms with Gasteiger partial charge < -0.3 is 34.1 Å². The Morgan fingerprint density at radius 3 is 1.47 bits per heavy atom. The van der Waals surface area contributed by atoms with Crippen molar-refractivity contribution >= 4 is 62.7 Å². The number of fused-ring (bicyclic) bond motifs is 4. The van der Waals surface area contributed by atoms with E-state index in [1.165, 1.54) is 59.1 Å². The van der Waals surface area contributed by atoms with Gasteiger partial charge in [0.25, 0.3) is 11.8 Å². The van der Waals surface area contributed by atoms with Gasteiger partial charge in [-0.2, -0.15) is 26.3 Å². The maximum atomic E-state index is 13.1. The number of hydrogen-bond donors (Lipinski definition) is 1. The van der Waals surface area contributed by atoms with Crippen LogP contribution in [0.4, 0.5) is 43.5 Å². The van der Waals surface area contributed by atoms with Crippen LogP contribution < -0.4 is 25.0 Å². The summed E-state index contributed by atoms with van der Waals surface area (Å²) in [6.07, 6.45) is 0.100. The second kappa shape index (κ2) is 16.1. The van der Waals surface area contributed by atoms with E-state index in [4.69, 9.17) is 26.8 Å². The molecule has 0 radical (unpaired) electrons. The van der Waals surface area contributed by atoms with Gasteiger partial charge in [0.2, 0.25) is 11.8 Å². The molecule has 0 unspecified atom stereocenters. The third-order valence-electron chi connectivity index (χ3n) is 10.2. The number of benzene rings is 2. The monoisotopic (exact) mass is 899 g/mol. The number of rotatable bonds is 4. The summed E-state index contributed by atoms with van der Waals surface area (Å²) in [4.78, 5) is 53.7. The summed E-state index contributed by atoms with van der Waals surface area (Å²) in [6.45, 7) is 0.913. The zero-order chi connectivity index (χ0) is 44.9. The van der Waals surface area contributed by atoms with Crippen molar-refractivity contribution in [3.63, 3.8) is 0 Å². The Labute approximate surface area is 361 Å². The molecule has 0 atom stereocenters. The first-order valence-corrected chi connectivity index (χ1v) is 19.3. The molecule has 0 saturated heterocycles. The molecule has 2 aliphatic heterocycles. The van der Waals surface area contributed by atoms with Gasteiger partial charge in [0.1, 0.15) is 59.3 Å². The Balaban J connectivity index is 0.000000162. The standard InChI is InChI=1S/C21H13ClF3N5O2.C21H15F3N6O2/c22-17-16-19(28-11-27-17)32-8-7-30(20(16)31)15-9-12-5-6-29(18(12)26-10-15)14-3-1-13(2-4-14)21(23,24)25;22-21(23,24)13-1-3-14(4-2-13)29-6-5-12-9-15(10-26-18(12)29)30-7-8-32-19-16(20(30)31)17(25)27-11-28-19/h1-6,9-11H,7-8H2;1-6,9-11H,7-8H2,(H2,25,27,28). The lowest BCUT2D eigenvalue weighted by Gasteiger charge is -2.20. The highest BCUT2D eigenvalue weighted by atomic mass is 35.5. The average molecular weight is 900 g/mol. The molecule has 2 aromatic carbocycles. The number of amides is 2. The van der Waals surface area contributed by atoms with Gasteiger partial charge in [-0.05, 0) is 72.8 Å². The van der Waals surface area contributed by atoms with E-state index in [0.717, 1.165) is 24.3 Å². The number of nitrogens with two attached hydrogens (primary N) is 1. The molecule has 22 heteroatoms. The number of carbonyl (C=O) groups excluding carboxylic acids is 2. The minimum atomic E-state index is -4.40. The molecule has 8 aromatic rings. The van der Waals surface area contributed by atoms with E-state index in [-0.39, 0.29) is 60.2 Å². The number of ether oxygens (including phenoxy) is 2. The van der Waals surface area contributed by atoms with Crippen molar-refractivity contribution in [2.24, 2.45) is 0 Å². The van der Waals surface area contributed by atoms with Gasteiger partial charge in [0.05, 0.1) is 48.0 Å². The smallest absolute Gasteiger partial charge is 0.416 e. The Hall–Kier alpha value is -7.81. The number of nitrogens with zero attached hydrogens (tertiary/aromatic N) is 10. The predicted octanol–water partition coefficient (Wildman–Crippen LogP) is 7.98. The average Bonchev–Trinajstić information content (AvgIpc) is 3.80. The molecule has 8 heterocycles. The molecule has 2 amide bonds. The zero-order valence-corrected chi connectivity index (χ0v) is 33.3. The highest BCUT2D eigenvalue weighted by Crippen LogP contribution is 2.34. The lowest BCUT2D eigenvalue weighted by Crippen LogP contribution is -2.32. The molecule has 6 aromatic heterocycles. The Bertz CT molecular complexity index is 2880. The molecule has 0 aliphatic carbocycles. The fraction of sp³-hybridized carbons (Fsp3) is 0.143. The summed E-state index contributed by atoms with van der Waals surface area (Å²) in [5.41, 5.74) is 7.77. The van der Waals surface area contributed by atoms with Crippen molar-refractivity contribution in [2.75, 3.05) is 41.8 Å². The van der Waals surface area contributed by atoms with Gasteiger partial charge in [-0.3, -0.25) is 9.59 Å². The fourth-order valence-electron chi connectivity index (χ4n) is 7.12. The summed E-state index contributed by atoms with van der Waals surface area (Å²) in [5.74, 6) is -0.535. The van der Waals surface area contributed by atoms with Crippen molar-refractivity contribution in [3.8, 4) is 23.1 Å². The molecule has 0 fully saturated rings. The van der Waals surface area contributed by atoms with E-state index in [2.05, 4.69) is 29.9 Å². The Morgan fingerprint density at radius 2 is 1.00 bits per heavy atom. The molecule has 324 valence electrons. The van der Waals surface area contributed by atoms with Crippen LogP contribution in [0.1, 0.15) is 31.8 Å². The molecule has 0 saturated carbocycles. The van der Waals surface area contributed by atoms with E-state index in [1.54, 1.807) is 45.8 Å². The second-order valence-corrected chi connectivity index (χ2v) is 14.4. The minimum Gasteiger partial charge on any atom is -0.475 e. The number of carbonyl (C=O) groups is 2. The van der Waals surface area contributed by atoms with E-state index >= 15 is 0 Å². The number of halogens is 7. The molecule has 2 aliphatic rings. The fourth-order valence-corrected chi connectivity index (χ4v) is 7.33. The quantitative estimate of drug-likeness (QED) is 0.134. The first-order valence-electron chi connectivity index (χ1n) is 19.0. The summed E-state index contributed by atoms with van der Waals surface area (Å²) in [5, 5.41) is 1.41. The number of anilines is 3. The van der Waals surface area contributed by atoms with Gasteiger partial charge >= 0.3 is 12.4 Å². The molecule has 0 bridgehead atoms. The van der Waals surface area contributed by atoms with Crippen LogP contribution >= 0.6 is 11.6 Å². The van der Waals surface area contributed by atoms with Crippen molar-refractivity contribution in [2.45, 2.75) is 12.4 Å². The first kappa shape index (κ1) is 41.5. The van der Waals surface area contributed by atoms with E-state index in [9.17, 15) is 35.9 Å². The highest BCUT2D eigenvalue weighted by molar-refractivity contribution is 6.33. The van der Waals surface area contributed by atoms with Crippen LogP contribution in [-0.4, -0.2) is 77.2 Å². The van der Waals surface area contributed by atoms with Crippen molar-refractivity contribution < 1.29 is 45.4 Å². The summed E-state index contributed by atoms with van der Waals surface area (Å²) in [7, 11) is 0. The molecule has 64 heavy (non-hydrogen) atoms. The van der Waals surface area contributed by atoms with Crippen molar-refractivity contribution in [1.82, 2.24) is 39.0 Å². The van der Waals surface area contributed by atoms with Crippen LogP contribution in [0.2, 0.25) is 5.15 Å². The van der Waals surface area contributed by atoms with Crippen LogP contribution in [-0.2, 0) is 12.4 Å². The topological polar surface area (TPSA) is 172 Å². The summed E-state index contributed by atoms with van der Waals surface area (Å²) < 4.78 is 91.4. The second-order valence-electron chi connectivity index (χ2n) is 14.1. The number of aromatic nitrogens is 8. The molecular formula is C42H28ClF6N11O4. The lowest BCUT2D eigenvalue weighted by molar-refractivity contribution is -0.138. The number of alkyl halides is 6. The normalized spacial score (nSPS) is 14.2. The summed E-state index contributed by atoms with van der Waals surface area (Å²) in [6, 6.07) is 16.7. The predicted molar refractivity (Wildman–Crippen MR) is 220 cm³/mol. The van der Waals surface area contributed by atoms with Crippen molar-refractivity contribution in [3.05, 3.63) is 138 Å². The maximum absolute atomic E-state index is 13.1. The Kier molecular flexibility index (Phi) is 10.5. The lowest BCUT2D eigenvalue weighted by atomic mass is 10.2. The van der Waals surface area contributed by atoms with E-state index in [1.807, 2.05) is 0 Å². The molecular weight excluding hydrogens is 872 g/mol. The van der Waals surface area contributed by atoms with Gasteiger partial charge in [0, 0.05) is 34.5 Å². The Morgan fingerprint density at radius 1 is 0.562 bits per heavy atom. The molecule has 0 spiro atoms. The zero-order valence-electron chi connectivity index (χ0n) is 32.5. The van der Waals surface area contributed by atoms with Crippen LogP contribution in [0, 0.1) is 0 Å². The van der Waals surface area contributed by atoms with Gasteiger partial charge in [-0.25, -0.2) is 29.9 Å². The maximum Gasteiger partial charge on any atom is 0.416 e. The van der Waals surface area contributed by atoms with Gasteiger partial charge in [-0.15, -0.1) is 0 Å². The number of nitrogen functional groups attached to an aromatic ring is 1. The van der Waals surface area contributed by atoms with Gasteiger partial charge in [0.15, 0.2) is 0 Å². The SMILES string of the molecule is Nc1ncnc2c1C(=O)N(c1cnc3c(ccn3-c3ccc(C(F)(F)F)cc3)c1)CCO2.O=C1c2c(Cl)ncnc2OCCN1c1cnc2c(ccn2-c2ccc(C(F)(F)F)cc2)c1. The third kappa shape index (κ3) is 7.80. The van der Waals surface area contributed by atoms with Crippen molar-refractivity contribution in [1.29, 1.82) is 0 Å². The van der Waals surface area contributed by atoms with Crippen LogP contribution in [0.15, 0.2) is 110 Å². The first-order chi connectivity index (χ1) is 30.7. The molecule has 2 N–H and O–H groups in total.